The van der Waals surface area contributed by atoms with Gasteiger partial charge in [-0.25, -0.2) is 0 Å². The molecule has 1 amide bonds. The van der Waals surface area contributed by atoms with Gasteiger partial charge in [0.1, 0.15) is 0 Å². The highest BCUT2D eigenvalue weighted by atomic mass is 16.2. The molecule has 2 saturated heterocycles. The van der Waals surface area contributed by atoms with Crippen molar-refractivity contribution in [1.29, 1.82) is 0 Å². The molecule has 2 heterocycles. The Balaban J connectivity index is 2.02. The van der Waals surface area contributed by atoms with Crippen LogP contribution in [0.3, 0.4) is 0 Å². The van der Waals surface area contributed by atoms with E-state index in [9.17, 15) is 4.79 Å². The van der Waals surface area contributed by atoms with Crippen molar-refractivity contribution in [3.8, 4) is 0 Å². The van der Waals surface area contributed by atoms with Gasteiger partial charge in [-0.05, 0) is 39.7 Å². The fraction of sp³-hybridized carbons (Fsp3) is 0.786. The van der Waals surface area contributed by atoms with E-state index in [4.69, 9.17) is 0 Å². The van der Waals surface area contributed by atoms with Gasteiger partial charge in [0.2, 0.25) is 5.91 Å². The molecule has 3 heteroatoms. The van der Waals surface area contributed by atoms with Crippen LogP contribution in [-0.2, 0) is 4.79 Å². The summed E-state index contributed by atoms with van der Waals surface area (Å²) in [6.45, 7) is 8.25. The number of piperidine rings is 1. The molecule has 0 aromatic rings. The van der Waals surface area contributed by atoms with Crippen LogP contribution in [0.15, 0.2) is 11.6 Å². The second kappa shape index (κ2) is 4.81. The molecule has 1 spiro atoms. The number of nitrogens with zero attached hydrogens (tertiary/aromatic N) is 2. The van der Waals surface area contributed by atoms with Gasteiger partial charge in [-0.2, -0.15) is 0 Å². The van der Waals surface area contributed by atoms with E-state index >= 15 is 0 Å². The van der Waals surface area contributed by atoms with Gasteiger partial charge in [0.25, 0.3) is 0 Å². The molecule has 0 N–H and O–H groups in total. The average molecular weight is 236 g/mol. The molecule has 2 aliphatic rings. The van der Waals surface area contributed by atoms with Gasteiger partial charge in [-0.3, -0.25) is 9.69 Å². The van der Waals surface area contributed by atoms with Gasteiger partial charge in [0.15, 0.2) is 0 Å². The maximum Gasteiger partial charge on any atom is 0.229 e. The number of hydrogen-bond acceptors (Lipinski definition) is 2. The lowest BCUT2D eigenvalue weighted by Gasteiger charge is -2.37. The lowest BCUT2D eigenvalue weighted by Crippen LogP contribution is -2.48. The quantitative estimate of drug-likeness (QED) is 0.684. The highest BCUT2D eigenvalue weighted by Crippen LogP contribution is 2.39. The second-order valence-electron chi connectivity index (χ2n) is 5.71. The minimum absolute atomic E-state index is 0.0545. The Kier molecular flexibility index (Phi) is 3.57. The van der Waals surface area contributed by atoms with Crippen LogP contribution < -0.4 is 0 Å². The summed E-state index contributed by atoms with van der Waals surface area (Å²) in [5.41, 5.74) is 1.35. The molecule has 96 valence electrons. The largest absolute Gasteiger partial charge is 0.345 e. The maximum atomic E-state index is 12.3. The lowest BCUT2D eigenvalue weighted by atomic mass is 9.78. The Morgan fingerprint density at radius 2 is 2.18 bits per heavy atom. The fourth-order valence-electron chi connectivity index (χ4n) is 3.18. The predicted molar refractivity (Wildman–Crippen MR) is 69.8 cm³/mol. The molecule has 1 atom stereocenters. The standard InChI is InChI=1S/C14H24N2O/c1-4-12(2)10-16-9-7-14(11-16)6-5-8-15(3)13(14)17/h4H,5-11H2,1-3H3/b12-4+/t14-/m1/s1. The molecule has 2 rings (SSSR count). The summed E-state index contributed by atoms with van der Waals surface area (Å²) in [5.74, 6) is 0.379. The molecule has 0 aromatic carbocycles. The van der Waals surface area contributed by atoms with Crippen molar-refractivity contribution in [1.82, 2.24) is 9.80 Å². The third-order valence-electron chi connectivity index (χ3n) is 4.35. The van der Waals surface area contributed by atoms with Crippen molar-refractivity contribution >= 4 is 5.91 Å². The first-order valence-corrected chi connectivity index (χ1v) is 6.67. The highest BCUT2D eigenvalue weighted by molar-refractivity contribution is 5.83. The van der Waals surface area contributed by atoms with E-state index in [0.29, 0.717) is 5.91 Å². The number of allylic oxidation sites excluding steroid dienone is 1. The topological polar surface area (TPSA) is 23.6 Å². The van der Waals surface area contributed by atoms with E-state index in [2.05, 4.69) is 24.8 Å². The zero-order valence-electron chi connectivity index (χ0n) is 11.3. The van der Waals surface area contributed by atoms with Crippen LogP contribution >= 0.6 is 0 Å². The Bertz CT molecular complexity index is 337. The van der Waals surface area contributed by atoms with E-state index in [-0.39, 0.29) is 5.41 Å². The first-order valence-electron chi connectivity index (χ1n) is 6.67. The number of amides is 1. The molecule has 0 unspecified atom stereocenters. The number of rotatable bonds is 2. The zero-order chi connectivity index (χ0) is 12.5. The first-order chi connectivity index (χ1) is 8.07. The molecular formula is C14H24N2O. The SMILES string of the molecule is C/C=C(\C)CN1CC[C@]2(CCCN(C)C2=O)C1. The Hall–Kier alpha value is -0.830. The second-order valence-corrected chi connectivity index (χ2v) is 5.71. The molecule has 3 nitrogen and oxygen atoms in total. The predicted octanol–water partition coefficient (Wildman–Crippen LogP) is 1.90. The van der Waals surface area contributed by atoms with E-state index in [1.54, 1.807) is 0 Å². The van der Waals surface area contributed by atoms with Crippen LogP contribution in [0, 0.1) is 5.41 Å². The number of likely N-dealkylation sites (tertiary alicyclic amines) is 2. The summed E-state index contributed by atoms with van der Waals surface area (Å²) in [7, 11) is 1.95. The third-order valence-corrected chi connectivity index (χ3v) is 4.35. The van der Waals surface area contributed by atoms with Gasteiger partial charge in [-0.15, -0.1) is 0 Å². The van der Waals surface area contributed by atoms with Crippen LogP contribution in [0.4, 0.5) is 0 Å². The van der Waals surface area contributed by atoms with E-state index in [1.807, 2.05) is 11.9 Å². The van der Waals surface area contributed by atoms with Crippen LogP contribution in [0.1, 0.15) is 33.1 Å². The van der Waals surface area contributed by atoms with Gasteiger partial charge in [0, 0.05) is 26.7 Å². The summed E-state index contributed by atoms with van der Waals surface area (Å²) in [6.07, 6.45) is 5.47. The van der Waals surface area contributed by atoms with Crippen molar-refractivity contribution in [3.05, 3.63) is 11.6 Å². The Morgan fingerprint density at radius 3 is 2.88 bits per heavy atom. The maximum absolute atomic E-state index is 12.3. The molecule has 17 heavy (non-hydrogen) atoms. The number of carbonyl (C=O) groups is 1. The Morgan fingerprint density at radius 1 is 1.41 bits per heavy atom. The minimum atomic E-state index is -0.0545. The summed E-state index contributed by atoms with van der Waals surface area (Å²) in [4.78, 5) is 16.7. The Labute approximate surface area is 104 Å². The number of hydrogen-bond donors (Lipinski definition) is 0. The van der Waals surface area contributed by atoms with Crippen LogP contribution in [0.5, 0.6) is 0 Å². The molecule has 0 radical (unpaired) electrons. The van der Waals surface area contributed by atoms with Crippen molar-refractivity contribution < 1.29 is 4.79 Å². The van der Waals surface area contributed by atoms with Gasteiger partial charge in [0.05, 0.1) is 5.41 Å². The van der Waals surface area contributed by atoms with Crippen molar-refractivity contribution in [2.45, 2.75) is 33.1 Å². The van der Waals surface area contributed by atoms with Crippen LogP contribution in [-0.4, -0.2) is 48.9 Å². The van der Waals surface area contributed by atoms with Gasteiger partial charge in [-0.1, -0.05) is 11.6 Å². The van der Waals surface area contributed by atoms with Crippen molar-refractivity contribution in [2.75, 3.05) is 33.2 Å². The van der Waals surface area contributed by atoms with Crippen molar-refractivity contribution in [2.24, 2.45) is 5.41 Å². The molecule has 0 bridgehead atoms. The average Bonchev–Trinajstić information content (AvgIpc) is 2.70. The van der Waals surface area contributed by atoms with E-state index < -0.39 is 0 Å². The summed E-state index contributed by atoms with van der Waals surface area (Å²) in [5, 5.41) is 0. The highest BCUT2D eigenvalue weighted by Gasteiger charge is 2.47. The minimum Gasteiger partial charge on any atom is -0.345 e. The van der Waals surface area contributed by atoms with Crippen molar-refractivity contribution in [3.63, 3.8) is 0 Å². The van der Waals surface area contributed by atoms with Crippen LogP contribution in [0.2, 0.25) is 0 Å². The molecule has 2 aliphatic heterocycles. The van der Waals surface area contributed by atoms with E-state index in [0.717, 1.165) is 39.0 Å². The first kappa shape index (κ1) is 12.6. The fourth-order valence-corrected chi connectivity index (χ4v) is 3.18. The van der Waals surface area contributed by atoms with Crippen LogP contribution in [0.25, 0.3) is 0 Å². The monoisotopic (exact) mass is 236 g/mol. The lowest BCUT2D eigenvalue weighted by molar-refractivity contribution is -0.143. The number of carbonyl (C=O) groups excluding carboxylic acids is 1. The molecular weight excluding hydrogens is 212 g/mol. The smallest absolute Gasteiger partial charge is 0.229 e. The summed E-state index contributed by atoms with van der Waals surface area (Å²) < 4.78 is 0. The zero-order valence-corrected chi connectivity index (χ0v) is 11.3. The summed E-state index contributed by atoms with van der Waals surface area (Å²) in [6, 6.07) is 0. The molecule has 0 saturated carbocycles. The summed E-state index contributed by atoms with van der Waals surface area (Å²) >= 11 is 0. The van der Waals surface area contributed by atoms with Gasteiger partial charge < -0.3 is 4.90 Å². The third kappa shape index (κ3) is 2.39. The van der Waals surface area contributed by atoms with Gasteiger partial charge >= 0.3 is 0 Å². The molecule has 0 aliphatic carbocycles. The molecule has 2 fully saturated rings. The van der Waals surface area contributed by atoms with E-state index in [1.165, 1.54) is 12.0 Å². The normalized spacial score (nSPS) is 31.6. The molecule has 0 aromatic heterocycles.